The Kier molecular flexibility index (Phi) is 9.30. The van der Waals surface area contributed by atoms with Gasteiger partial charge in [-0.2, -0.15) is 0 Å². The maximum atomic E-state index is 4.29. The zero-order chi connectivity index (χ0) is 46.9. The third kappa shape index (κ3) is 5.93. The summed E-state index contributed by atoms with van der Waals surface area (Å²) in [6.45, 7) is 18.9. The van der Waals surface area contributed by atoms with Crippen molar-refractivity contribution in [3.05, 3.63) is 216 Å². The number of benzene rings is 10. The quantitative estimate of drug-likeness (QED) is 0.0886. The highest BCUT2D eigenvalue weighted by Crippen LogP contribution is 2.52. The Morgan fingerprint density at radius 3 is 1.94 bits per heavy atom. The molecular weight excluding hydrogens is 845 g/mol. The van der Waals surface area contributed by atoms with E-state index < -0.39 is 8.07 Å². The highest BCUT2D eigenvalue weighted by Gasteiger charge is 2.41. The second-order valence-electron chi connectivity index (χ2n) is 20.9. The Hall–Kier alpha value is -7.32. The first-order valence-electron chi connectivity index (χ1n) is 25.1. The van der Waals surface area contributed by atoms with Crippen LogP contribution in [0.3, 0.4) is 0 Å². The lowest BCUT2D eigenvalue weighted by molar-refractivity contribution is 0.655. The molecule has 1 aliphatic heterocycles. The number of rotatable bonds is 6. The Labute approximate surface area is 407 Å². The lowest BCUT2D eigenvalue weighted by Crippen LogP contribution is -2.49. The summed E-state index contributed by atoms with van der Waals surface area (Å²) >= 11 is 0. The van der Waals surface area contributed by atoms with Gasteiger partial charge in [0, 0.05) is 5.41 Å². The van der Waals surface area contributed by atoms with Gasteiger partial charge in [0.05, 0.1) is 0 Å². The van der Waals surface area contributed by atoms with Crippen molar-refractivity contribution in [1.82, 2.24) is 0 Å². The van der Waals surface area contributed by atoms with Crippen LogP contribution in [-0.2, 0) is 11.8 Å². The van der Waals surface area contributed by atoms with Crippen LogP contribution in [0.2, 0.25) is 13.1 Å². The van der Waals surface area contributed by atoms with Gasteiger partial charge in [0.2, 0.25) is 0 Å². The molecule has 0 fully saturated rings. The van der Waals surface area contributed by atoms with E-state index in [1.807, 2.05) is 0 Å². The van der Waals surface area contributed by atoms with Crippen LogP contribution in [0.1, 0.15) is 61.4 Å². The molecule has 0 atom stereocenters. The predicted molar refractivity (Wildman–Crippen MR) is 304 cm³/mol. The lowest BCUT2D eigenvalue weighted by atomic mass is 9.78. The first-order chi connectivity index (χ1) is 33.6. The average Bonchev–Trinajstić information content (AvgIpc) is 3.74. The molecule has 0 spiro atoms. The summed E-state index contributed by atoms with van der Waals surface area (Å²) in [5, 5.41) is 16.3. The van der Waals surface area contributed by atoms with Crippen molar-refractivity contribution >= 4 is 84.0 Å². The van der Waals surface area contributed by atoms with Crippen molar-refractivity contribution in [2.75, 3.05) is 0 Å². The van der Waals surface area contributed by atoms with E-state index in [9.17, 15) is 0 Å². The molecule has 0 amide bonds. The lowest BCUT2D eigenvalue weighted by Gasteiger charge is -2.26. The highest BCUT2D eigenvalue weighted by atomic mass is 28.3. The minimum atomic E-state index is -2.27. The minimum Gasteiger partial charge on any atom is -0.0987 e. The van der Waals surface area contributed by atoms with E-state index in [1.165, 1.54) is 148 Å². The summed E-state index contributed by atoms with van der Waals surface area (Å²) in [5.74, 6) is 0. The Balaban J connectivity index is 1.12. The van der Waals surface area contributed by atoms with Crippen LogP contribution in [-0.4, -0.2) is 8.07 Å². The summed E-state index contributed by atoms with van der Waals surface area (Å²) in [6.07, 6.45) is 14.6. The van der Waals surface area contributed by atoms with Gasteiger partial charge in [-0.05, 0) is 192 Å². The molecule has 2 aliphatic carbocycles. The third-order valence-corrected chi connectivity index (χ3v) is 20.1. The van der Waals surface area contributed by atoms with Gasteiger partial charge in [0.1, 0.15) is 8.07 Å². The fraction of sp³-hybridized carbons (Fsp3) is 0.147. The molecule has 10 aromatic rings. The number of aryl methyl sites for hydroxylation is 2. The fourth-order valence-corrected chi connectivity index (χ4v) is 16.4. The molecule has 0 aromatic heterocycles. The Bertz CT molecular complexity index is 4010. The van der Waals surface area contributed by atoms with Gasteiger partial charge in [-0.15, -0.1) is 0 Å². The van der Waals surface area contributed by atoms with Crippen molar-refractivity contribution in [2.45, 2.75) is 65.5 Å². The largest absolute Gasteiger partial charge is 0.113 e. The molecule has 1 heterocycles. The molecular formula is C68H56Si. The number of fused-ring (bicyclic) bond motifs is 12. The maximum Gasteiger partial charge on any atom is 0.113 e. The van der Waals surface area contributed by atoms with Crippen molar-refractivity contribution in [1.29, 1.82) is 0 Å². The van der Waals surface area contributed by atoms with Crippen LogP contribution in [0, 0.1) is 6.92 Å². The van der Waals surface area contributed by atoms with E-state index >= 15 is 0 Å². The molecule has 0 bridgehead atoms. The molecule has 1 heteroatoms. The molecule has 10 aromatic carbocycles. The minimum absolute atomic E-state index is 0.131. The van der Waals surface area contributed by atoms with Crippen LogP contribution in [0.15, 0.2) is 188 Å². The van der Waals surface area contributed by atoms with Gasteiger partial charge in [-0.25, -0.2) is 0 Å². The second-order valence-corrected chi connectivity index (χ2v) is 25.3. The van der Waals surface area contributed by atoms with E-state index in [-0.39, 0.29) is 5.41 Å². The first kappa shape index (κ1) is 41.8. The van der Waals surface area contributed by atoms with Gasteiger partial charge < -0.3 is 0 Å². The summed E-state index contributed by atoms with van der Waals surface area (Å²) < 4.78 is 0. The van der Waals surface area contributed by atoms with Gasteiger partial charge in [-0.1, -0.05) is 204 Å². The van der Waals surface area contributed by atoms with Crippen LogP contribution >= 0.6 is 0 Å². The third-order valence-electron chi connectivity index (χ3n) is 16.6. The van der Waals surface area contributed by atoms with E-state index in [0.717, 1.165) is 19.3 Å². The monoisotopic (exact) mass is 900 g/mol. The topological polar surface area (TPSA) is 0 Å². The summed E-state index contributed by atoms with van der Waals surface area (Å²) in [6, 6.07) is 58.8. The van der Waals surface area contributed by atoms with Crippen LogP contribution in [0.4, 0.5) is 0 Å². The number of hydrogen-bond donors (Lipinski definition) is 0. The van der Waals surface area contributed by atoms with Gasteiger partial charge in [-0.3, -0.25) is 0 Å². The van der Waals surface area contributed by atoms with Crippen LogP contribution in [0.5, 0.6) is 0 Å². The summed E-state index contributed by atoms with van der Waals surface area (Å²) in [7, 11) is -2.27. The molecule has 0 radical (unpaired) electrons. The summed E-state index contributed by atoms with van der Waals surface area (Å²) in [5.41, 5.74) is 20.2. The first-order valence-corrected chi connectivity index (χ1v) is 28.1. The zero-order valence-corrected chi connectivity index (χ0v) is 41.6. The van der Waals surface area contributed by atoms with E-state index in [4.69, 9.17) is 0 Å². The predicted octanol–water partition coefficient (Wildman–Crippen LogP) is 17.7. The molecule has 332 valence electrons. The molecule has 69 heavy (non-hydrogen) atoms. The smallest absolute Gasteiger partial charge is 0.0987 e. The second kappa shape index (κ2) is 15.3. The van der Waals surface area contributed by atoms with Gasteiger partial charge in [0.25, 0.3) is 0 Å². The molecule has 13 rings (SSSR count). The molecule has 0 nitrogen and oxygen atoms in total. The van der Waals surface area contributed by atoms with Crippen molar-refractivity contribution in [3.63, 3.8) is 0 Å². The maximum absolute atomic E-state index is 4.29. The van der Waals surface area contributed by atoms with E-state index in [0.29, 0.717) is 0 Å². The average molecular weight is 901 g/mol. The fourth-order valence-electron chi connectivity index (χ4n) is 13.2. The van der Waals surface area contributed by atoms with E-state index in [2.05, 4.69) is 229 Å². The van der Waals surface area contributed by atoms with Crippen LogP contribution in [0.25, 0.3) is 110 Å². The summed E-state index contributed by atoms with van der Waals surface area (Å²) in [4.78, 5) is 0. The normalized spacial score (nSPS) is 15.4. The molecule has 0 unspecified atom stereocenters. The van der Waals surface area contributed by atoms with Crippen LogP contribution < -0.4 is 10.4 Å². The highest BCUT2D eigenvalue weighted by molar-refractivity contribution is 7.04. The Morgan fingerprint density at radius 2 is 1.20 bits per heavy atom. The van der Waals surface area contributed by atoms with Crippen molar-refractivity contribution in [3.8, 4) is 44.5 Å². The van der Waals surface area contributed by atoms with E-state index in [1.54, 1.807) is 0 Å². The standard InChI is InChI=1S/C68H56Si/c1-8-10-23-52-53-34-32-42(38-61(53)68(4,5)60(52)9-2)43-33-35-56-62(39-43)69(6,7)63-40-59-65(41(3)64(56)63)67(58-37-45-22-12-14-25-47(45)49-27-16-18-29-51(49)58)55-31-20-19-30-54(55)66(59)57-36-44-21-11-13-24-46(44)48-26-15-17-28-50(48)57/h9-15,17-26,28-40H,2,8,16,27H2,1,3-7H3. The SMILES string of the molecule is C=CC1=C(C=CCC)c2ccc(-c3ccc4c(c3)[Si](C)(C)c3cc5c(-c6cc7ccccc7c7ccccc67)c6ccccc6c(-c6cc7ccccc7c7c6C=CCC7)c5c(C)c3-4)cc2C1(C)C. The van der Waals surface area contributed by atoms with Gasteiger partial charge in [0.15, 0.2) is 0 Å². The molecule has 0 saturated carbocycles. The number of allylic oxidation sites excluding steroid dienone is 6. The van der Waals surface area contributed by atoms with Crippen molar-refractivity contribution in [2.24, 2.45) is 0 Å². The molecule has 3 aliphatic rings. The number of hydrogen-bond acceptors (Lipinski definition) is 0. The Morgan fingerprint density at radius 1 is 0.580 bits per heavy atom. The van der Waals surface area contributed by atoms with Gasteiger partial charge >= 0.3 is 0 Å². The van der Waals surface area contributed by atoms with Crippen molar-refractivity contribution < 1.29 is 0 Å². The molecule has 0 saturated heterocycles. The zero-order valence-electron chi connectivity index (χ0n) is 40.6. The molecule has 0 N–H and O–H groups in total.